The molecule has 1 N–H and O–H groups in total. The highest BCUT2D eigenvalue weighted by atomic mass is 35.5. The zero-order valence-electron chi connectivity index (χ0n) is 14.4. The zero-order chi connectivity index (χ0) is 16.9. The van der Waals surface area contributed by atoms with Gasteiger partial charge in [-0.2, -0.15) is 0 Å². The van der Waals surface area contributed by atoms with E-state index < -0.39 is 0 Å². The number of nitrogens with one attached hydrogen (secondary N) is 1. The average molecular weight is 362 g/mol. The largest absolute Gasteiger partial charge is 0.381 e. The summed E-state index contributed by atoms with van der Waals surface area (Å²) in [5.74, 6) is 2.63. The molecule has 0 aromatic carbocycles. The Balaban J connectivity index is 1.51. The lowest BCUT2D eigenvalue weighted by Crippen LogP contribution is -2.39. The third kappa shape index (κ3) is 2.70. The molecule has 7 heteroatoms. The van der Waals surface area contributed by atoms with Crippen molar-refractivity contribution in [3.63, 3.8) is 0 Å². The summed E-state index contributed by atoms with van der Waals surface area (Å²) in [4.78, 5) is 9.22. The topological polar surface area (TPSA) is 64.3 Å². The number of fused-ring (bicyclic) bond motifs is 4. The first-order valence-electron chi connectivity index (χ1n) is 9.50. The van der Waals surface area contributed by atoms with Crippen molar-refractivity contribution in [2.24, 2.45) is 5.92 Å². The molecular formula is C18H24ClN5O. The molecule has 0 radical (unpaired) electrons. The molecule has 3 heterocycles. The number of nitrogens with zero attached hydrogens (tertiary/aromatic N) is 4. The zero-order valence-corrected chi connectivity index (χ0v) is 15.1. The van der Waals surface area contributed by atoms with Crippen LogP contribution in [0.25, 0.3) is 5.52 Å². The molecule has 4 fully saturated rings. The van der Waals surface area contributed by atoms with Crippen molar-refractivity contribution < 1.29 is 4.74 Å². The van der Waals surface area contributed by atoms with E-state index in [1.807, 2.05) is 4.52 Å². The monoisotopic (exact) mass is 361 g/mol. The van der Waals surface area contributed by atoms with E-state index in [1.165, 1.54) is 38.5 Å². The number of imidazole rings is 1. The first-order chi connectivity index (χ1) is 12.2. The van der Waals surface area contributed by atoms with Gasteiger partial charge in [-0.3, -0.25) is 0 Å². The number of anilines is 1. The summed E-state index contributed by atoms with van der Waals surface area (Å²) in [6, 6.07) is 0.372. The number of ether oxygens (including phenoxy) is 1. The highest BCUT2D eigenvalue weighted by Gasteiger charge is 2.45. The molecule has 6 nitrogen and oxygen atoms in total. The van der Waals surface area contributed by atoms with E-state index in [-0.39, 0.29) is 5.41 Å². The summed E-state index contributed by atoms with van der Waals surface area (Å²) >= 11 is 6.42. The van der Waals surface area contributed by atoms with Crippen molar-refractivity contribution >= 4 is 23.1 Å². The van der Waals surface area contributed by atoms with E-state index in [1.54, 1.807) is 6.20 Å². The maximum Gasteiger partial charge on any atom is 0.241 e. The fraction of sp³-hybridized carbons (Fsp3) is 0.722. The average Bonchev–Trinajstić information content (AvgIpc) is 3.01. The summed E-state index contributed by atoms with van der Waals surface area (Å²) in [5.41, 5.74) is 0.964. The predicted molar refractivity (Wildman–Crippen MR) is 96.1 cm³/mol. The third-order valence-electron chi connectivity index (χ3n) is 6.47. The highest BCUT2D eigenvalue weighted by molar-refractivity contribution is 6.32. The lowest BCUT2D eigenvalue weighted by Gasteiger charge is -2.45. The molecule has 6 rings (SSSR count). The lowest BCUT2D eigenvalue weighted by atomic mass is 9.60. The lowest BCUT2D eigenvalue weighted by molar-refractivity contribution is 0.0902. The second-order valence-electron chi connectivity index (χ2n) is 7.90. The molecule has 3 aliphatic carbocycles. The van der Waals surface area contributed by atoms with Gasteiger partial charge in [0, 0.05) is 24.7 Å². The fourth-order valence-electron chi connectivity index (χ4n) is 4.87. The van der Waals surface area contributed by atoms with Crippen molar-refractivity contribution in [3.05, 3.63) is 17.2 Å². The first-order valence-corrected chi connectivity index (χ1v) is 9.87. The molecule has 0 amide bonds. The molecule has 4 aliphatic rings. The predicted octanol–water partition coefficient (Wildman–Crippen LogP) is 3.59. The maximum atomic E-state index is 6.42. The Morgan fingerprint density at radius 2 is 1.84 bits per heavy atom. The number of halogens is 1. The van der Waals surface area contributed by atoms with Crippen LogP contribution < -0.4 is 5.32 Å². The molecule has 25 heavy (non-hydrogen) atoms. The van der Waals surface area contributed by atoms with Gasteiger partial charge in [0.25, 0.3) is 0 Å². The van der Waals surface area contributed by atoms with Crippen molar-refractivity contribution in [2.45, 2.75) is 62.8 Å². The SMILES string of the molecule is Clc1nc(C23CCC(CC2)CC3)n2nc(NC3CCOCC3)ncc12. The molecule has 0 atom stereocenters. The summed E-state index contributed by atoms with van der Waals surface area (Å²) in [7, 11) is 0. The van der Waals surface area contributed by atoms with Gasteiger partial charge in [-0.25, -0.2) is 14.5 Å². The smallest absolute Gasteiger partial charge is 0.241 e. The van der Waals surface area contributed by atoms with Gasteiger partial charge in [0.15, 0.2) is 5.15 Å². The quantitative estimate of drug-likeness (QED) is 0.905. The molecule has 2 bridgehead atoms. The summed E-state index contributed by atoms with van der Waals surface area (Å²) in [6.45, 7) is 1.60. The van der Waals surface area contributed by atoms with Crippen molar-refractivity contribution in [1.82, 2.24) is 19.6 Å². The third-order valence-corrected chi connectivity index (χ3v) is 6.75. The van der Waals surface area contributed by atoms with Crippen LogP contribution in [0.4, 0.5) is 5.95 Å². The van der Waals surface area contributed by atoms with Crippen LogP contribution in [0.3, 0.4) is 0 Å². The number of aromatic nitrogens is 4. The van der Waals surface area contributed by atoms with E-state index in [0.29, 0.717) is 17.1 Å². The minimum atomic E-state index is 0.148. The Morgan fingerprint density at radius 1 is 1.12 bits per heavy atom. The van der Waals surface area contributed by atoms with Gasteiger partial charge >= 0.3 is 0 Å². The Bertz CT molecular complexity index is 763. The van der Waals surface area contributed by atoms with Crippen LogP contribution in [0.5, 0.6) is 0 Å². The van der Waals surface area contributed by atoms with Gasteiger partial charge in [-0.1, -0.05) is 11.6 Å². The van der Waals surface area contributed by atoms with Crippen LogP contribution >= 0.6 is 11.6 Å². The van der Waals surface area contributed by atoms with Crippen LogP contribution in [-0.2, 0) is 10.2 Å². The molecular weight excluding hydrogens is 338 g/mol. The van der Waals surface area contributed by atoms with E-state index in [9.17, 15) is 0 Å². The van der Waals surface area contributed by atoms with E-state index in [4.69, 9.17) is 26.4 Å². The standard InChI is InChI=1S/C18H24ClN5O/c19-15-14-11-20-17(21-13-4-9-25-10-5-13)23-24(14)16(22-15)18-6-1-12(2-7-18)3-8-18/h11-13H,1-10H2,(H,21,23). The molecule has 1 aliphatic heterocycles. The minimum Gasteiger partial charge on any atom is -0.381 e. The minimum absolute atomic E-state index is 0.148. The number of hydrogen-bond donors (Lipinski definition) is 1. The van der Waals surface area contributed by atoms with Gasteiger partial charge in [-0.15, -0.1) is 5.10 Å². The fourth-order valence-corrected chi connectivity index (χ4v) is 5.08. The van der Waals surface area contributed by atoms with Crippen molar-refractivity contribution in [2.75, 3.05) is 18.5 Å². The summed E-state index contributed by atoms with van der Waals surface area (Å²) < 4.78 is 7.39. The van der Waals surface area contributed by atoms with Gasteiger partial charge in [0.1, 0.15) is 11.3 Å². The van der Waals surface area contributed by atoms with Crippen molar-refractivity contribution in [3.8, 4) is 0 Å². The highest BCUT2D eigenvalue weighted by Crippen LogP contribution is 2.51. The van der Waals surface area contributed by atoms with Crippen molar-refractivity contribution in [1.29, 1.82) is 0 Å². The van der Waals surface area contributed by atoms with Crippen LogP contribution in [0.2, 0.25) is 5.15 Å². The Hall–Kier alpha value is -1.40. The van der Waals surface area contributed by atoms with Crippen LogP contribution in [0.1, 0.15) is 57.2 Å². The Kier molecular flexibility index (Phi) is 3.86. The summed E-state index contributed by atoms with van der Waals surface area (Å²) in [5, 5.41) is 8.76. The van der Waals surface area contributed by atoms with Crippen LogP contribution in [0, 0.1) is 5.92 Å². The van der Waals surface area contributed by atoms with Crippen LogP contribution in [0.15, 0.2) is 6.20 Å². The van der Waals surface area contributed by atoms with Gasteiger partial charge in [0.2, 0.25) is 5.95 Å². The number of hydrogen-bond acceptors (Lipinski definition) is 5. The second kappa shape index (κ2) is 6.09. The van der Waals surface area contributed by atoms with Gasteiger partial charge in [0.05, 0.1) is 6.20 Å². The van der Waals surface area contributed by atoms with Crippen LogP contribution in [-0.4, -0.2) is 38.8 Å². The molecule has 2 aromatic heterocycles. The Morgan fingerprint density at radius 3 is 2.56 bits per heavy atom. The first kappa shape index (κ1) is 15.8. The number of rotatable bonds is 3. The molecule has 134 valence electrons. The molecule has 0 unspecified atom stereocenters. The van der Waals surface area contributed by atoms with E-state index >= 15 is 0 Å². The molecule has 0 spiro atoms. The summed E-state index contributed by atoms with van der Waals surface area (Å²) in [6.07, 6.45) is 11.3. The van der Waals surface area contributed by atoms with Gasteiger partial charge in [-0.05, 0) is 57.3 Å². The normalized spacial score (nSPS) is 30.0. The maximum absolute atomic E-state index is 6.42. The van der Waals surface area contributed by atoms with E-state index in [0.717, 1.165) is 43.3 Å². The molecule has 3 saturated carbocycles. The molecule has 2 aromatic rings. The molecule has 1 saturated heterocycles. The van der Waals surface area contributed by atoms with E-state index in [2.05, 4.69) is 10.3 Å². The second-order valence-corrected chi connectivity index (χ2v) is 8.26. The Labute approximate surface area is 152 Å². The van der Waals surface area contributed by atoms with Gasteiger partial charge < -0.3 is 10.1 Å².